The summed E-state index contributed by atoms with van der Waals surface area (Å²) in [6.45, 7) is 2.20. The van der Waals surface area contributed by atoms with Gasteiger partial charge in [0.1, 0.15) is 0 Å². The summed E-state index contributed by atoms with van der Waals surface area (Å²) in [4.78, 5) is 10.3. The number of aliphatic carboxylic acids is 1. The molecule has 0 aliphatic heterocycles. The van der Waals surface area contributed by atoms with E-state index in [1.54, 1.807) is 0 Å². The second-order valence-electron chi connectivity index (χ2n) is 4.18. The number of carboxylic acids is 1. The number of carbonyl (C=O) groups excluding carboxylic acids is 1. The molecule has 1 saturated carbocycles. The molecular weight excluding hydrogens is 187 g/mol. The molecule has 2 unspecified atom stereocenters. The van der Waals surface area contributed by atoms with Crippen LogP contribution in [0.2, 0.25) is 0 Å². The zero-order valence-corrected chi connectivity index (χ0v) is 11.4. The topological polar surface area (TPSA) is 40.1 Å². The minimum Gasteiger partial charge on any atom is -0.550 e. The molecule has 1 aliphatic carbocycles. The van der Waals surface area contributed by atoms with Crippen LogP contribution in [0.5, 0.6) is 0 Å². The van der Waals surface area contributed by atoms with Crippen LogP contribution in [0.25, 0.3) is 0 Å². The van der Waals surface area contributed by atoms with Crippen molar-refractivity contribution in [3.8, 4) is 0 Å². The van der Waals surface area contributed by atoms with Crippen LogP contribution in [0.3, 0.4) is 0 Å². The molecular formula is C11H19NaO2. The first-order chi connectivity index (χ1) is 6.24. The Morgan fingerprint density at radius 2 is 2.00 bits per heavy atom. The van der Waals surface area contributed by atoms with Gasteiger partial charge in [-0.25, -0.2) is 0 Å². The average Bonchev–Trinajstić information content (AvgIpc) is 2.76. The van der Waals surface area contributed by atoms with Crippen molar-refractivity contribution in [1.82, 2.24) is 0 Å². The molecule has 14 heavy (non-hydrogen) atoms. The van der Waals surface area contributed by atoms with Gasteiger partial charge in [0.25, 0.3) is 0 Å². The number of hydrogen-bond acceptors (Lipinski definition) is 2. The molecule has 0 N–H and O–H groups in total. The van der Waals surface area contributed by atoms with Crippen LogP contribution in [0.4, 0.5) is 0 Å². The molecule has 0 heterocycles. The van der Waals surface area contributed by atoms with Gasteiger partial charge in [0.05, 0.1) is 0 Å². The molecule has 0 saturated heterocycles. The monoisotopic (exact) mass is 206 g/mol. The Bertz CT molecular complexity index is 171. The van der Waals surface area contributed by atoms with Gasteiger partial charge in [0.15, 0.2) is 0 Å². The molecule has 2 atom stereocenters. The van der Waals surface area contributed by atoms with Crippen molar-refractivity contribution in [1.29, 1.82) is 0 Å². The van der Waals surface area contributed by atoms with Gasteiger partial charge in [0.2, 0.25) is 0 Å². The fraction of sp³-hybridized carbons (Fsp3) is 0.909. The van der Waals surface area contributed by atoms with E-state index in [0.717, 1.165) is 6.42 Å². The summed E-state index contributed by atoms with van der Waals surface area (Å²) >= 11 is 0. The Kier molecular flexibility index (Phi) is 7.98. The first-order valence-electron chi connectivity index (χ1n) is 5.44. The maximum atomic E-state index is 10.3. The standard InChI is InChI=1S/C11H20O2.Na/c1-2-3-4-5-6-9-7-10(9)8-11(12)13;/h9-10H,2-8H2,1H3,(H,12,13);/q;+1/p-1. The molecule has 3 heteroatoms. The maximum absolute atomic E-state index is 10.3. The second kappa shape index (κ2) is 7.72. The summed E-state index contributed by atoms with van der Waals surface area (Å²) in [5.74, 6) is 0.280. The van der Waals surface area contributed by atoms with Crippen LogP contribution in [-0.2, 0) is 4.79 Å². The third-order valence-electron chi connectivity index (χ3n) is 2.93. The summed E-state index contributed by atoms with van der Waals surface area (Å²) in [7, 11) is 0. The Balaban J connectivity index is 0.00000169. The Morgan fingerprint density at radius 1 is 1.29 bits per heavy atom. The predicted octanol–water partition coefficient (Wildman–Crippen LogP) is -1.26. The molecule has 0 aromatic carbocycles. The minimum atomic E-state index is -0.874. The van der Waals surface area contributed by atoms with Crippen molar-refractivity contribution >= 4 is 5.97 Å². The van der Waals surface area contributed by atoms with Crippen LogP contribution in [0, 0.1) is 11.8 Å². The molecule has 1 rings (SSSR count). The number of rotatable bonds is 7. The van der Waals surface area contributed by atoms with E-state index in [1.807, 2.05) is 0 Å². The van der Waals surface area contributed by atoms with Gasteiger partial charge in [-0.05, 0) is 24.7 Å². The first-order valence-corrected chi connectivity index (χ1v) is 5.44. The Labute approximate surface area is 109 Å². The molecule has 0 amide bonds. The van der Waals surface area contributed by atoms with E-state index in [-0.39, 0.29) is 29.6 Å². The molecule has 0 spiro atoms. The van der Waals surface area contributed by atoms with E-state index >= 15 is 0 Å². The number of carbonyl (C=O) groups is 1. The molecule has 1 aliphatic rings. The van der Waals surface area contributed by atoms with Crippen molar-refractivity contribution < 1.29 is 39.5 Å². The fourth-order valence-corrected chi connectivity index (χ4v) is 1.96. The van der Waals surface area contributed by atoms with Crippen molar-refractivity contribution in [3.05, 3.63) is 0 Å². The number of unbranched alkanes of at least 4 members (excludes halogenated alkanes) is 3. The van der Waals surface area contributed by atoms with Gasteiger partial charge in [-0.3, -0.25) is 0 Å². The van der Waals surface area contributed by atoms with Gasteiger partial charge in [0, 0.05) is 5.97 Å². The van der Waals surface area contributed by atoms with Crippen molar-refractivity contribution in [2.45, 2.75) is 51.9 Å². The quantitative estimate of drug-likeness (QED) is 0.385. The average molecular weight is 206 g/mol. The SMILES string of the molecule is CCCCCCC1CC1CC(=O)[O-].[Na+]. The van der Waals surface area contributed by atoms with Gasteiger partial charge < -0.3 is 9.90 Å². The number of hydrogen-bond donors (Lipinski definition) is 0. The summed E-state index contributed by atoms with van der Waals surface area (Å²) in [6.07, 6.45) is 7.83. The molecule has 0 bridgehead atoms. The van der Waals surface area contributed by atoms with Gasteiger partial charge in [-0.2, -0.15) is 0 Å². The molecule has 1 fully saturated rings. The van der Waals surface area contributed by atoms with Crippen LogP contribution in [0.1, 0.15) is 51.9 Å². The molecule has 0 aromatic rings. The van der Waals surface area contributed by atoms with Crippen LogP contribution in [-0.4, -0.2) is 5.97 Å². The largest absolute Gasteiger partial charge is 1.00 e. The smallest absolute Gasteiger partial charge is 0.550 e. The van der Waals surface area contributed by atoms with Crippen LogP contribution < -0.4 is 34.7 Å². The van der Waals surface area contributed by atoms with Crippen LogP contribution in [0.15, 0.2) is 0 Å². The van der Waals surface area contributed by atoms with Gasteiger partial charge in [-0.1, -0.05) is 39.0 Å². The van der Waals surface area contributed by atoms with E-state index in [1.165, 1.54) is 32.1 Å². The third-order valence-corrected chi connectivity index (χ3v) is 2.93. The Morgan fingerprint density at radius 3 is 2.57 bits per heavy atom. The summed E-state index contributed by atoms with van der Waals surface area (Å²) < 4.78 is 0. The Hall–Kier alpha value is 0.470. The van der Waals surface area contributed by atoms with Crippen molar-refractivity contribution in [3.63, 3.8) is 0 Å². The second-order valence-corrected chi connectivity index (χ2v) is 4.18. The van der Waals surface area contributed by atoms with Gasteiger partial charge >= 0.3 is 29.6 Å². The first kappa shape index (κ1) is 14.5. The van der Waals surface area contributed by atoms with E-state index < -0.39 is 5.97 Å². The van der Waals surface area contributed by atoms with Crippen molar-refractivity contribution in [2.24, 2.45) is 11.8 Å². The summed E-state index contributed by atoms with van der Waals surface area (Å²) in [5, 5.41) is 10.3. The van der Waals surface area contributed by atoms with E-state index in [9.17, 15) is 9.90 Å². The fourth-order valence-electron chi connectivity index (χ4n) is 1.96. The third kappa shape index (κ3) is 6.05. The summed E-state index contributed by atoms with van der Waals surface area (Å²) in [6, 6.07) is 0. The van der Waals surface area contributed by atoms with E-state index in [0.29, 0.717) is 18.3 Å². The molecule has 76 valence electrons. The zero-order chi connectivity index (χ0) is 9.68. The minimum absolute atomic E-state index is 0. The molecule has 0 aromatic heterocycles. The molecule has 0 radical (unpaired) electrons. The number of carboxylic acid groups (broad SMARTS) is 1. The molecule has 2 nitrogen and oxygen atoms in total. The van der Waals surface area contributed by atoms with Crippen molar-refractivity contribution in [2.75, 3.05) is 0 Å². The predicted molar refractivity (Wildman–Crippen MR) is 50.0 cm³/mol. The summed E-state index contributed by atoms with van der Waals surface area (Å²) in [5.41, 5.74) is 0. The van der Waals surface area contributed by atoms with E-state index in [4.69, 9.17) is 0 Å². The normalized spacial score (nSPS) is 24.1. The van der Waals surface area contributed by atoms with Crippen LogP contribution >= 0.6 is 0 Å². The van der Waals surface area contributed by atoms with Gasteiger partial charge in [-0.15, -0.1) is 0 Å². The van der Waals surface area contributed by atoms with E-state index in [2.05, 4.69) is 6.92 Å². The maximum Gasteiger partial charge on any atom is 1.00 e. The zero-order valence-electron chi connectivity index (χ0n) is 9.42.